The molecule has 0 amide bonds. The predicted molar refractivity (Wildman–Crippen MR) is 106 cm³/mol. The van der Waals surface area contributed by atoms with Gasteiger partial charge in [-0.05, 0) is 0 Å². The molecule has 0 spiro atoms. The Bertz CT molecular complexity index is 678. The van der Waals surface area contributed by atoms with E-state index in [-0.39, 0.29) is 37.5 Å². The van der Waals surface area contributed by atoms with Crippen molar-refractivity contribution in [2.75, 3.05) is 0 Å². The van der Waals surface area contributed by atoms with Gasteiger partial charge in [0.2, 0.25) is 0 Å². The van der Waals surface area contributed by atoms with E-state index in [9.17, 15) is 14.7 Å². The van der Waals surface area contributed by atoms with Crippen molar-refractivity contribution in [3.05, 3.63) is 0 Å². The predicted octanol–water partition coefficient (Wildman–Crippen LogP) is 0.839. The van der Waals surface area contributed by atoms with Crippen LogP contribution in [0.25, 0.3) is 0 Å². The summed E-state index contributed by atoms with van der Waals surface area (Å²) in [5.74, 6) is -1.84. The Morgan fingerprint density at radius 1 is 1.42 bits per heavy atom. The van der Waals surface area contributed by atoms with Crippen LogP contribution in [-0.2, 0) is 23.8 Å². The average molecular weight is 592 g/mol. The Labute approximate surface area is 172 Å². The van der Waals surface area contributed by atoms with Gasteiger partial charge < -0.3 is 0 Å². The summed E-state index contributed by atoms with van der Waals surface area (Å²) < 4.78 is 23.7. The molecule has 3 N–H and O–H groups in total. The third-order valence-electron chi connectivity index (χ3n) is 5.84. The first-order valence-electron chi connectivity index (χ1n) is 8.79. The molecule has 5 fully saturated rings. The average Bonchev–Trinajstić information content (AvgIpc) is 3.26. The number of fused-ring (bicyclic) bond motifs is 2. The zero-order chi connectivity index (χ0) is 18.6. The molecule has 0 aromatic rings. The number of carbonyl (C=O) groups excluding carboxylic acids is 2. The fraction of sp³-hybridized carbons (Fsp3) is 0.875. The standard InChI is InChI=1S/C16H22I2N2O6/c1-15(2,3)26-13(22)8-6-4-5-7(8)12(21)24-9(5)10(6)25-14(23)11(17)16-18(19-16)20-16/h5-11,14,19-20,23H,4H2,1-3H3. The minimum atomic E-state index is -1.18. The van der Waals surface area contributed by atoms with Crippen LogP contribution in [0.3, 0.4) is 0 Å². The summed E-state index contributed by atoms with van der Waals surface area (Å²) in [4.78, 5) is 25.1. The molecule has 10 heteroatoms. The molecule has 26 heavy (non-hydrogen) atoms. The topological polar surface area (TPSA) is 126 Å². The SMILES string of the molecule is CC(C)(C)OC(=O)C1C2CC3C(OC(=O)C31)C2OC(O)C(I)C12NI1N2. The maximum absolute atomic E-state index is 12.8. The number of ether oxygens (including phenoxy) is 3. The summed E-state index contributed by atoms with van der Waals surface area (Å²) in [7, 11) is 0. The van der Waals surface area contributed by atoms with Crippen LogP contribution in [0.2, 0.25) is 0 Å². The molecule has 3 saturated heterocycles. The second-order valence-corrected chi connectivity index (χ2v) is 14.4. The van der Waals surface area contributed by atoms with Gasteiger partial charge in [-0.1, -0.05) is 0 Å². The van der Waals surface area contributed by atoms with Gasteiger partial charge in [0, 0.05) is 0 Å². The summed E-state index contributed by atoms with van der Waals surface area (Å²) in [6, 6.07) is 0. The van der Waals surface area contributed by atoms with Gasteiger partial charge in [0.15, 0.2) is 0 Å². The summed E-state index contributed by atoms with van der Waals surface area (Å²) >= 11 is 1.02. The molecule has 5 aliphatic rings. The number of carbonyl (C=O) groups is 2. The summed E-state index contributed by atoms with van der Waals surface area (Å²) in [6.45, 7) is 5.45. The first-order chi connectivity index (χ1) is 12.1. The van der Waals surface area contributed by atoms with Gasteiger partial charge in [-0.3, -0.25) is 0 Å². The molecule has 8 nitrogen and oxygen atoms in total. The molecule has 3 aliphatic heterocycles. The van der Waals surface area contributed by atoms with Crippen molar-refractivity contribution in [1.82, 2.24) is 7.06 Å². The molecule has 8 atom stereocenters. The Morgan fingerprint density at radius 2 is 2.08 bits per heavy atom. The van der Waals surface area contributed by atoms with Crippen LogP contribution in [0, 0.1) is 23.7 Å². The van der Waals surface area contributed by atoms with Crippen molar-refractivity contribution in [2.45, 2.75) is 58.9 Å². The Kier molecular flexibility index (Phi) is 3.97. The molecule has 8 unspecified atom stereocenters. The van der Waals surface area contributed by atoms with Crippen LogP contribution in [0.15, 0.2) is 0 Å². The Morgan fingerprint density at radius 3 is 2.65 bits per heavy atom. The second-order valence-electron chi connectivity index (χ2n) is 8.63. The number of rotatable bonds is 5. The normalized spacial score (nSPS) is 44.3. The fourth-order valence-electron chi connectivity index (χ4n) is 4.74. The number of nitrogens with one attached hydrogen (secondary N) is 2. The number of hydrogen-bond acceptors (Lipinski definition) is 8. The Hall–Kier alpha value is 0.240. The maximum atomic E-state index is 12.8. The number of aliphatic hydroxyl groups excluding tert-OH is 1. The fourth-order valence-corrected chi connectivity index (χ4v) is 12.3. The van der Waals surface area contributed by atoms with Gasteiger partial charge in [-0.25, -0.2) is 0 Å². The molecule has 0 radical (unpaired) electrons. The minimum absolute atomic E-state index is 0.0190. The number of halogens is 2. The van der Waals surface area contributed by atoms with Crippen molar-refractivity contribution in [1.29, 1.82) is 0 Å². The van der Waals surface area contributed by atoms with E-state index in [2.05, 4.69) is 29.7 Å². The van der Waals surface area contributed by atoms with Crippen LogP contribution in [-0.4, -0.2) is 48.7 Å². The molecular formula is C16H22I2N2O6. The van der Waals surface area contributed by atoms with Gasteiger partial charge in [0.1, 0.15) is 0 Å². The number of hydrogen-bond donors (Lipinski definition) is 3. The van der Waals surface area contributed by atoms with Crippen LogP contribution in [0.4, 0.5) is 0 Å². The van der Waals surface area contributed by atoms with E-state index in [0.29, 0.717) is 6.42 Å². The van der Waals surface area contributed by atoms with E-state index in [0.717, 1.165) is 0 Å². The number of alkyl halides is 2. The molecule has 3 heterocycles. The van der Waals surface area contributed by atoms with Gasteiger partial charge in [0.05, 0.1) is 0 Å². The van der Waals surface area contributed by atoms with Crippen LogP contribution in [0.5, 0.6) is 0 Å². The second kappa shape index (κ2) is 5.65. The first-order valence-corrected chi connectivity index (χ1v) is 13.3. The molecular weight excluding hydrogens is 570 g/mol. The van der Waals surface area contributed by atoms with Gasteiger partial charge in [-0.2, -0.15) is 0 Å². The first kappa shape index (κ1) is 18.3. The van der Waals surface area contributed by atoms with Crippen LogP contribution in [0.1, 0.15) is 27.2 Å². The summed E-state index contributed by atoms with van der Waals surface area (Å²) in [6.07, 6.45) is -1.08. The van der Waals surface area contributed by atoms with Gasteiger partial charge >= 0.3 is 173 Å². The molecule has 0 aromatic heterocycles. The molecule has 2 saturated carbocycles. The third kappa shape index (κ3) is 2.58. The van der Waals surface area contributed by atoms with E-state index >= 15 is 0 Å². The van der Waals surface area contributed by atoms with Crippen molar-refractivity contribution in [3.8, 4) is 0 Å². The molecule has 5 rings (SSSR count). The van der Waals surface area contributed by atoms with Crippen LogP contribution < -0.4 is 7.06 Å². The summed E-state index contributed by atoms with van der Waals surface area (Å²) in [5, 5.41) is 10.6. The zero-order valence-corrected chi connectivity index (χ0v) is 18.9. The van der Waals surface area contributed by atoms with E-state index in [4.69, 9.17) is 14.2 Å². The van der Waals surface area contributed by atoms with Crippen molar-refractivity contribution >= 4 is 54.9 Å². The zero-order valence-electron chi connectivity index (χ0n) is 14.6. The van der Waals surface area contributed by atoms with E-state index in [1.807, 2.05) is 20.8 Å². The third-order valence-corrected chi connectivity index (χ3v) is 13.2. The quantitative estimate of drug-likeness (QED) is 0.0817. The number of aliphatic hydroxyl groups is 1. The monoisotopic (exact) mass is 592 g/mol. The molecule has 0 aromatic carbocycles. The van der Waals surface area contributed by atoms with Crippen LogP contribution >= 0.6 is 43.0 Å². The molecule has 2 bridgehead atoms. The van der Waals surface area contributed by atoms with E-state index in [1.54, 1.807) is 0 Å². The Balaban J connectivity index is 1.34. The molecule has 146 valence electrons. The summed E-state index contributed by atoms with van der Waals surface area (Å²) in [5.41, 5.74) is -0.612. The van der Waals surface area contributed by atoms with Crippen molar-refractivity contribution in [3.63, 3.8) is 0 Å². The van der Waals surface area contributed by atoms with Gasteiger partial charge in [-0.15, -0.1) is 0 Å². The van der Waals surface area contributed by atoms with Gasteiger partial charge in [0.25, 0.3) is 0 Å². The van der Waals surface area contributed by atoms with E-state index in [1.165, 1.54) is 0 Å². The van der Waals surface area contributed by atoms with E-state index < -0.39 is 50.2 Å². The van der Waals surface area contributed by atoms with Crippen molar-refractivity contribution in [2.24, 2.45) is 23.7 Å². The van der Waals surface area contributed by atoms with Crippen molar-refractivity contribution < 1.29 is 28.9 Å². The molecule has 2 aliphatic carbocycles. The number of esters is 2.